The molecule has 0 saturated carbocycles. The molecule has 1 heterocycles. The Morgan fingerprint density at radius 3 is 2.42 bits per heavy atom. The summed E-state index contributed by atoms with van der Waals surface area (Å²) in [5.74, 6) is 0. The van der Waals surface area contributed by atoms with Crippen molar-refractivity contribution in [1.29, 1.82) is 0 Å². The van der Waals surface area contributed by atoms with E-state index in [9.17, 15) is 8.42 Å². The van der Waals surface area contributed by atoms with Gasteiger partial charge in [0.25, 0.3) is 0 Å². The first-order valence-electron chi connectivity index (χ1n) is 6.40. The van der Waals surface area contributed by atoms with Gasteiger partial charge in [-0.25, -0.2) is 13.1 Å². The van der Waals surface area contributed by atoms with Crippen molar-refractivity contribution in [3.63, 3.8) is 0 Å². The smallest absolute Gasteiger partial charge is 0.242 e. The minimum atomic E-state index is -3.46. The van der Waals surface area contributed by atoms with Crippen LogP contribution in [0.4, 0.5) is 0 Å². The third kappa shape index (κ3) is 4.06. The summed E-state index contributed by atoms with van der Waals surface area (Å²) < 4.78 is 29.2. The standard InChI is InChI=1S/C13H25N3O2S/c1-10(13(2,3)4)15-19(17,18)12-7-11(8-14-5)16(6)9-12/h7,9-10,14-15H,8H2,1-6H3. The average molecular weight is 287 g/mol. The van der Waals surface area contributed by atoms with E-state index < -0.39 is 10.0 Å². The molecule has 0 saturated heterocycles. The maximum absolute atomic E-state index is 12.3. The van der Waals surface area contributed by atoms with Crippen molar-refractivity contribution in [3.05, 3.63) is 18.0 Å². The molecule has 110 valence electrons. The molecule has 0 spiro atoms. The van der Waals surface area contributed by atoms with Gasteiger partial charge in [0, 0.05) is 31.5 Å². The van der Waals surface area contributed by atoms with E-state index in [0.717, 1.165) is 5.69 Å². The SMILES string of the molecule is CNCc1cc(S(=O)(=O)NC(C)C(C)(C)C)cn1C. The molecular formula is C13H25N3O2S. The van der Waals surface area contributed by atoms with Crippen molar-refractivity contribution in [1.82, 2.24) is 14.6 Å². The molecule has 1 aromatic rings. The minimum Gasteiger partial charge on any atom is -0.352 e. The number of hydrogen-bond acceptors (Lipinski definition) is 3. The lowest BCUT2D eigenvalue weighted by Crippen LogP contribution is -2.41. The summed E-state index contributed by atoms with van der Waals surface area (Å²) >= 11 is 0. The zero-order valence-corrected chi connectivity index (χ0v) is 13.4. The lowest BCUT2D eigenvalue weighted by atomic mass is 9.89. The number of aromatic nitrogens is 1. The Hall–Kier alpha value is -0.850. The summed E-state index contributed by atoms with van der Waals surface area (Å²) in [6.45, 7) is 8.56. The Morgan fingerprint density at radius 1 is 1.37 bits per heavy atom. The Morgan fingerprint density at radius 2 is 1.95 bits per heavy atom. The zero-order valence-electron chi connectivity index (χ0n) is 12.6. The fourth-order valence-electron chi connectivity index (χ4n) is 1.56. The molecule has 6 heteroatoms. The van der Waals surface area contributed by atoms with Crippen LogP contribution in [-0.2, 0) is 23.6 Å². The molecule has 19 heavy (non-hydrogen) atoms. The van der Waals surface area contributed by atoms with E-state index in [0.29, 0.717) is 11.4 Å². The topological polar surface area (TPSA) is 63.1 Å². The van der Waals surface area contributed by atoms with E-state index in [4.69, 9.17) is 0 Å². The van der Waals surface area contributed by atoms with Crippen molar-refractivity contribution < 1.29 is 8.42 Å². The highest BCUT2D eigenvalue weighted by molar-refractivity contribution is 7.89. The number of aryl methyl sites for hydroxylation is 1. The van der Waals surface area contributed by atoms with E-state index >= 15 is 0 Å². The molecule has 0 aliphatic rings. The van der Waals surface area contributed by atoms with E-state index in [2.05, 4.69) is 10.0 Å². The molecule has 5 nitrogen and oxygen atoms in total. The molecule has 2 N–H and O–H groups in total. The summed E-state index contributed by atoms with van der Waals surface area (Å²) in [5.41, 5.74) is 0.821. The van der Waals surface area contributed by atoms with Crippen LogP contribution in [0.5, 0.6) is 0 Å². The Balaban J connectivity index is 2.98. The number of nitrogens with zero attached hydrogens (tertiary/aromatic N) is 1. The lowest BCUT2D eigenvalue weighted by Gasteiger charge is -2.27. The second-order valence-corrected chi connectivity index (χ2v) is 7.73. The van der Waals surface area contributed by atoms with Crippen LogP contribution in [0.2, 0.25) is 0 Å². The highest BCUT2D eigenvalue weighted by Crippen LogP contribution is 2.21. The van der Waals surface area contributed by atoms with E-state index in [1.807, 2.05) is 46.4 Å². The van der Waals surface area contributed by atoms with Crippen molar-refractivity contribution in [2.45, 2.75) is 45.2 Å². The average Bonchev–Trinajstić information content (AvgIpc) is 2.60. The monoisotopic (exact) mass is 287 g/mol. The van der Waals surface area contributed by atoms with Crippen LogP contribution in [-0.4, -0.2) is 26.1 Å². The van der Waals surface area contributed by atoms with Gasteiger partial charge < -0.3 is 9.88 Å². The zero-order chi connectivity index (χ0) is 14.8. The first kappa shape index (κ1) is 16.2. The van der Waals surface area contributed by atoms with Gasteiger partial charge in [-0.15, -0.1) is 0 Å². The number of nitrogens with one attached hydrogen (secondary N) is 2. The fourth-order valence-corrected chi connectivity index (χ4v) is 3.10. The molecule has 0 aromatic carbocycles. The van der Waals surface area contributed by atoms with Crippen LogP contribution in [0.1, 0.15) is 33.4 Å². The molecule has 0 aliphatic heterocycles. The highest BCUT2D eigenvalue weighted by Gasteiger charge is 2.26. The maximum atomic E-state index is 12.3. The van der Waals surface area contributed by atoms with Crippen LogP contribution >= 0.6 is 0 Å². The van der Waals surface area contributed by atoms with Gasteiger partial charge >= 0.3 is 0 Å². The van der Waals surface area contributed by atoms with Gasteiger partial charge in [-0.3, -0.25) is 0 Å². The summed E-state index contributed by atoms with van der Waals surface area (Å²) in [6.07, 6.45) is 1.64. The maximum Gasteiger partial charge on any atom is 0.242 e. The Kier molecular flexibility index (Phi) is 4.81. The summed E-state index contributed by atoms with van der Waals surface area (Å²) in [7, 11) is 0.219. The van der Waals surface area contributed by atoms with Gasteiger partial charge in [0.05, 0.1) is 4.90 Å². The first-order valence-corrected chi connectivity index (χ1v) is 7.88. The van der Waals surface area contributed by atoms with Crippen LogP contribution in [0.25, 0.3) is 0 Å². The van der Waals surface area contributed by atoms with Crippen LogP contribution in [0, 0.1) is 5.41 Å². The highest BCUT2D eigenvalue weighted by atomic mass is 32.2. The number of sulfonamides is 1. The van der Waals surface area contributed by atoms with Gasteiger partial charge in [-0.05, 0) is 25.5 Å². The van der Waals surface area contributed by atoms with E-state index in [1.165, 1.54) is 0 Å². The van der Waals surface area contributed by atoms with Crippen LogP contribution in [0.15, 0.2) is 17.2 Å². The summed E-state index contributed by atoms with van der Waals surface area (Å²) in [4.78, 5) is 0.316. The number of hydrogen-bond donors (Lipinski definition) is 2. The van der Waals surface area contributed by atoms with E-state index in [1.54, 1.807) is 12.3 Å². The third-order valence-corrected chi connectivity index (χ3v) is 4.89. The predicted molar refractivity (Wildman–Crippen MR) is 77.4 cm³/mol. The van der Waals surface area contributed by atoms with Gasteiger partial charge in [0.1, 0.15) is 0 Å². The molecule has 1 rings (SSSR count). The summed E-state index contributed by atoms with van der Waals surface area (Å²) in [6, 6.07) is 1.57. The second-order valence-electron chi connectivity index (χ2n) is 6.02. The molecule has 0 fully saturated rings. The first-order chi connectivity index (χ1) is 8.58. The van der Waals surface area contributed by atoms with Crippen molar-refractivity contribution in [3.8, 4) is 0 Å². The third-order valence-electron chi connectivity index (χ3n) is 3.38. The lowest BCUT2D eigenvalue weighted by molar-refractivity contribution is 0.317. The molecule has 0 amide bonds. The van der Waals surface area contributed by atoms with Crippen LogP contribution in [0.3, 0.4) is 0 Å². The molecule has 0 bridgehead atoms. The molecular weight excluding hydrogens is 262 g/mol. The quantitative estimate of drug-likeness (QED) is 0.862. The minimum absolute atomic E-state index is 0.115. The Labute approximate surface area is 116 Å². The fraction of sp³-hybridized carbons (Fsp3) is 0.692. The van der Waals surface area contributed by atoms with Gasteiger partial charge in [0.2, 0.25) is 10.0 Å². The molecule has 0 aliphatic carbocycles. The molecule has 0 radical (unpaired) electrons. The largest absolute Gasteiger partial charge is 0.352 e. The molecule has 1 aromatic heterocycles. The molecule has 1 atom stereocenters. The van der Waals surface area contributed by atoms with Crippen LogP contribution < -0.4 is 10.0 Å². The Bertz CT molecular complexity index is 527. The predicted octanol–water partition coefficient (Wildman–Crippen LogP) is 1.46. The van der Waals surface area contributed by atoms with Gasteiger partial charge in [0.15, 0.2) is 0 Å². The number of rotatable bonds is 5. The normalized spacial score (nSPS) is 14.6. The summed E-state index contributed by atoms with van der Waals surface area (Å²) in [5, 5.41) is 3.02. The van der Waals surface area contributed by atoms with Crippen molar-refractivity contribution in [2.75, 3.05) is 7.05 Å². The van der Waals surface area contributed by atoms with Gasteiger partial charge in [-0.1, -0.05) is 20.8 Å². The van der Waals surface area contributed by atoms with E-state index in [-0.39, 0.29) is 11.5 Å². The molecule has 1 unspecified atom stereocenters. The van der Waals surface area contributed by atoms with Gasteiger partial charge in [-0.2, -0.15) is 0 Å². The van der Waals surface area contributed by atoms with Crippen molar-refractivity contribution in [2.24, 2.45) is 12.5 Å². The van der Waals surface area contributed by atoms with Crippen molar-refractivity contribution >= 4 is 10.0 Å². The second kappa shape index (κ2) is 5.64.